The Labute approximate surface area is 144 Å². The average molecular weight is 363 g/mol. The van der Waals surface area contributed by atoms with Gasteiger partial charge in [0.25, 0.3) is 10.0 Å². The van der Waals surface area contributed by atoms with E-state index in [-0.39, 0.29) is 4.90 Å². The largest absolute Gasteiger partial charge is 0.339 e. The lowest BCUT2D eigenvalue weighted by Gasteiger charge is -2.11. The van der Waals surface area contributed by atoms with Crippen molar-refractivity contribution in [2.75, 3.05) is 4.72 Å². The summed E-state index contributed by atoms with van der Waals surface area (Å²) in [7, 11) is -3.68. The highest BCUT2D eigenvalue weighted by Gasteiger charge is 2.22. The number of thiophene rings is 1. The van der Waals surface area contributed by atoms with Crippen LogP contribution in [0.2, 0.25) is 0 Å². The molecule has 0 bridgehead atoms. The number of nitrogens with one attached hydrogen (secondary N) is 1. The summed E-state index contributed by atoms with van der Waals surface area (Å²) in [5.41, 5.74) is 1.55. The first-order chi connectivity index (χ1) is 11.4. The van der Waals surface area contributed by atoms with Gasteiger partial charge in [0.1, 0.15) is 4.90 Å². The number of aryl methyl sites for hydroxylation is 3. The fraction of sp³-hybridized carbons (Fsp3) is 0.250. The van der Waals surface area contributed by atoms with Gasteiger partial charge in [-0.2, -0.15) is 4.98 Å². The first-order valence-electron chi connectivity index (χ1n) is 7.42. The highest BCUT2D eigenvalue weighted by Crippen LogP contribution is 2.33. The Morgan fingerprint density at radius 2 is 2.00 bits per heavy atom. The molecule has 2 aromatic heterocycles. The third kappa shape index (κ3) is 3.20. The van der Waals surface area contributed by atoms with Gasteiger partial charge >= 0.3 is 0 Å². The molecule has 24 heavy (non-hydrogen) atoms. The van der Waals surface area contributed by atoms with E-state index in [2.05, 4.69) is 14.9 Å². The second-order valence-electron chi connectivity index (χ2n) is 5.28. The maximum absolute atomic E-state index is 12.8. The predicted molar refractivity (Wildman–Crippen MR) is 93.7 cm³/mol. The van der Waals surface area contributed by atoms with Crippen LogP contribution in [0, 0.1) is 13.8 Å². The summed E-state index contributed by atoms with van der Waals surface area (Å²) in [6.07, 6.45) is 0.745. The van der Waals surface area contributed by atoms with Gasteiger partial charge in [-0.1, -0.05) is 30.3 Å². The van der Waals surface area contributed by atoms with Crippen LogP contribution in [-0.2, 0) is 16.4 Å². The van der Waals surface area contributed by atoms with E-state index in [4.69, 9.17) is 4.52 Å². The number of para-hydroxylation sites is 1. The molecule has 0 saturated carbocycles. The second kappa shape index (κ2) is 6.37. The fourth-order valence-corrected chi connectivity index (χ4v) is 4.99. The summed E-state index contributed by atoms with van der Waals surface area (Å²) < 4.78 is 33.2. The molecule has 0 amide bonds. The van der Waals surface area contributed by atoms with Crippen LogP contribution in [0.15, 0.2) is 39.8 Å². The Hall–Kier alpha value is -2.19. The molecule has 0 radical (unpaired) electrons. The summed E-state index contributed by atoms with van der Waals surface area (Å²) in [6, 6.07) is 8.96. The third-order valence-corrected chi connectivity index (χ3v) is 6.22. The van der Waals surface area contributed by atoms with Crippen LogP contribution in [0.1, 0.15) is 23.3 Å². The van der Waals surface area contributed by atoms with Crippen molar-refractivity contribution in [3.63, 3.8) is 0 Å². The lowest BCUT2D eigenvalue weighted by molar-refractivity contribution is 0.394. The highest BCUT2D eigenvalue weighted by atomic mass is 32.2. The van der Waals surface area contributed by atoms with Gasteiger partial charge in [0.15, 0.2) is 0 Å². The van der Waals surface area contributed by atoms with Crippen LogP contribution in [0.5, 0.6) is 0 Å². The Bertz CT molecular complexity index is 974. The Balaban J connectivity index is 1.97. The summed E-state index contributed by atoms with van der Waals surface area (Å²) >= 11 is 1.32. The Kier molecular flexibility index (Phi) is 4.42. The molecule has 0 fully saturated rings. The average Bonchev–Trinajstić information content (AvgIpc) is 3.13. The van der Waals surface area contributed by atoms with Gasteiger partial charge in [-0.15, -0.1) is 11.3 Å². The quantitative estimate of drug-likeness (QED) is 0.746. The van der Waals surface area contributed by atoms with Crippen LogP contribution in [-0.4, -0.2) is 18.6 Å². The molecule has 0 aliphatic heterocycles. The summed E-state index contributed by atoms with van der Waals surface area (Å²) in [6.45, 7) is 5.44. The van der Waals surface area contributed by atoms with Crippen molar-refractivity contribution in [3.8, 4) is 10.7 Å². The van der Waals surface area contributed by atoms with E-state index in [1.807, 2.05) is 25.1 Å². The van der Waals surface area contributed by atoms with Crippen LogP contribution < -0.4 is 4.72 Å². The summed E-state index contributed by atoms with van der Waals surface area (Å²) in [5.74, 6) is 0.839. The molecule has 1 N–H and O–H groups in total. The SMILES string of the molecule is CCc1ccccc1NS(=O)(=O)c1cc(-c2noc(C)n2)sc1C. The minimum atomic E-state index is -3.68. The number of benzene rings is 1. The summed E-state index contributed by atoms with van der Waals surface area (Å²) in [4.78, 5) is 5.71. The maximum Gasteiger partial charge on any atom is 0.263 e. The Morgan fingerprint density at radius 3 is 2.67 bits per heavy atom. The third-order valence-electron chi connectivity index (χ3n) is 3.55. The molecule has 126 valence electrons. The molecular formula is C16H17N3O3S2. The van der Waals surface area contributed by atoms with E-state index in [0.717, 1.165) is 12.0 Å². The van der Waals surface area contributed by atoms with Crippen molar-refractivity contribution >= 4 is 27.0 Å². The van der Waals surface area contributed by atoms with E-state index in [9.17, 15) is 8.42 Å². The molecule has 8 heteroatoms. The number of aromatic nitrogens is 2. The Morgan fingerprint density at radius 1 is 1.25 bits per heavy atom. The van der Waals surface area contributed by atoms with Crippen molar-refractivity contribution in [2.24, 2.45) is 0 Å². The first kappa shape index (κ1) is 16.7. The number of nitrogens with zero attached hydrogens (tertiary/aromatic N) is 2. The molecule has 3 aromatic rings. The number of anilines is 1. The predicted octanol–water partition coefficient (Wildman–Crippen LogP) is 3.78. The molecule has 2 heterocycles. The van der Waals surface area contributed by atoms with E-state index >= 15 is 0 Å². The molecular weight excluding hydrogens is 346 g/mol. The number of sulfonamides is 1. The number of hydrogen-bond donors (Lipinski definition) is 1. The molecule has 6 nitrogen and oxygen atoms in total. The fourth-order valence-electron chi connectivity index (χ4n) is 2.37. The summed E-state index contributed by atoms with van der Waals surface area (Å²) in [5, 5.41) is 3.84. The normalized spacial score (nSPS) is 11.6. The van der Waals surface area contributed by atoms with E-state index in [1.54, 1.807) is 26.0 Å². The monoisotopic (exact) mass is 363 g/mol. The molecule has 0 aliphatic carbocycles. The minimum Gasteiger partial charge on any atom is -0.339 e. The molecule has 0 atom stereocenters. The lowest BCUT2D eigenvalue weighted by Crippen LogP contribution is -2.14. The van der Waals surface area contributed by atoms with Crippen molar-refractivity contribution in [2.45, 2.75) is 32.1 Å². The molecule has 0 aliphatic rings. The molecule has 1 aromatic carbocycles. The van der Waals surface area contributed by atoms with Crippen molar-refractivity contribution in [1.82, 2.24) is 10.1 Å². The molecule has 0 unspecified atom stereocenters. The van der Waals surface area contributed by atoms with Gasteiger partial charge in [0.05, 0.1) is 10.6 Å². The van der Waals surface area contributed by atoms with E-state index in [0.29, 0.717) is 27.2 Å². The van der Waals surface area contributed by atoms with Crippen LogP contribution >= 0.6 is 11.3 Å². The second-order valence-corrected chi connectivity index (χ2v) is 8.19. The van der Waals surface area contributed by atoms with Gasteiger partial charge in [-0.05, 0) is 31.0 Å². The van der Waals surface area contributed by atoms with Gasteiger partial charge in [-0.3, -0.25) is 4.72 Å². The van der Waals surface area contributed by atoms with Gasteiger partial charge in [-0.25, -0.2) is 8.42 Å². The molecule has 0 saturated heterocycles. The van der Waals surface area contributed by atoms with Gasteiger partial charge < -0.3 is 4.52 Å². The first-order valence-corrected chi connectivity index (χ1v) is 9.72. The number of hydrogen-bond acceptors (Lipinski definition) is 6. The number of rotatable bonds is 5. The zero-order valence-corrected chi connectivity index (χ0v) is 15.2. The van der Waals surface area contributed by atoms with E-state index in [1.165, 1.54) is 11.3 Å². The van der Waals surface area contributed by atoms with Gasteiger partial charge in [0, 0.05) is 11.8 Å². The zero-order chi connectivity index (χ0) is 17.3. The van der Waals surface area contributed by atoms with Crippen LogP contribution in [0.25, 0.3) is 10.7 Å². The lowest BCUT2D eigenvalue weighted by atomic mass is 10.1. The van der Waals surface area contributed by atoms with Crippen molar-refractivity contribution < 1.29 is 12.9 Å². The highest BCUT2D eigenvalue weighted by molar-refractivity contribution is 7.93. The van der Waals surface area contributed by atoms with Crippen molar-refractivity contribution in [1.29, 1.82) is 0 Å². The minimum absolute atomic E-state index is 0.232. The smallest absolute Gasteiger partial charge is 0.263 e. The molecule has 0 spiro atoms. The standard InChI is InChI=1S/C16H17N3O3S2/c1-4-12-7-5-6-8-13(12)19-24(20,21)15-9-14(23-10(15)2)16-17-11(3)22-18-16/h5-9,19H,4H2,1-3H3. The van der Waals surface area contributed by atoms with Gasteiger partial charge in [0.2, 0.25) is 11.7 Å². The van der Waals surface area contributed by atoms with Crippen LogP contribution in [0.3, 0.4) is 0 Å². The maximum atomic E-state index is 12.8. The molecule has 3 rings (SSSR count). The van der Waals surface area contributed by atoms with Crippen molar-refractivity contribution in [3.05, 3.63) is 46.7 Å². The topological polar surface area (TPSA) is 85.1 Å². The van der Waals surface area contributed by atoms with Crippen LogP contribution in [0.4, 0.5) is 5.69 Å². The van der Waals surface area contributed by atoms with E-state index < -0.39 is 10.0 Å². The zero-order valence-electron chi connectivity index (χ0n) is 13.5.